The maximum Gasteiger partial charge on any atom is 0.317 e. The SMILES string of the molecule is CC(C)C[C@H](NC(=O)N1C[C@H]2C[C@@H](C1)c1cccc(=O)n1C2)C(=O)[O-]. The highest BCUT2D eigenvalue weighted by molar-refractivity contribution is 5.81. The molecule has 3 atom stereocenters. The number of carbonyl (C=O) groups is 2. The molecule has 0 spiro atoms. The van der Waals surface area contributed by atoms with Crippen LogP contribution < -0.4 is 16.0 Å². The maximum absolute atomic E-state index is 12.6. The summed E-state index contributed by atoms with van der Waals surface area (Å²) < 4.78 is 1.80. The molecule has 2 amide bonds. The third kappa shape index (κ3) is 3.70. The van der Waals surface area contributed by atoms with Gasteiger partial charge in [-0.1, -0.05) is 19.9 Å². The predicted molar refractivity (Wildman–Crippen MR) is 89.9 cm³/mol. The molecule has 0 aromatic carbocycles. The summed E-state index contributed by atoms with van der Waals surface area (Å²) in [7, 11) is 0. The van der Waals surface area contributed by atoms with Gasteiger partial charge in [0.1, 0.15) is 0 Å². The number of hydrogen-bond acceptors (Lipinski definition) is 4. The first-order chi connectivity index (χ1) is 11.8. The van der Waals surface area contributed by atoms with Crippen LogP contribution >= 0.6 is 0 Å². The molecule has 3 heterocycles. The molecule has 7 heteroatoms. The molecule has 3 rings (SSSR count). The molecule has 2 aliphatic heterocycles. The van der Waals surface area contributed by atoms with E-state index < -0.39 is 12.0 Å². The Bertz CT molecular complexity index is 727. The van der Waals surface area contributed by atoms with Crippen molar-refractivity contribution < 1.29 is 14.7 Å². The fourth-order valence-electron chi connectivity index (χ4n) is 3.99. The lowest BCUT2D eigenvalue weighted by Gasteiger charge is -2.43. The molecule has 1 N–H and O–H groups in total. The van der Waals surface area contributed by atoms with Gasteiger partial charge in [-0.15, -0.1) is 0 Å². The number of rotatable bonds is 4. The number of carboxylic acids is 1. The zero-order chi connectivity index (χ0) is 18.1. The summed E-state index contributed by atoms with van der Waals surface area (Å²) in [6.45, 7) is 5.44. The summed E-state index contributed by atoms with van der Waals surface area (Å²) in [5.41, 5.74) is 0.957. The summed E-state index contributed by atoms with van der Waals surface area (Å²) in [6, 6.07) is 3.90. The second kappa shape index (κ2) is 6.90. The molecule has 25 heavy (non-hydrogen) atoms. The van der Waals surface area contributed by atoms with E-state index in [2.05, 4.69) is 5.32 Å². The van der Waals surface area contributed by atoms with Gasteiger partial charge in [0.05, 0.1) is 12.0 Å². The molecule has 1 saturated heterocycles. The highest BCUT2D eigenvalue weighted by atomic mass is 16.4. The minimum absolute atomic E-state index is 0.000879. The topological polar surface area (TPSA) is 94.5 Å². The summed E-state index contributed by atoms with van der Waals surface area (Å²) in [6.07, 6.45) is 1.29. The molecule has 0 saturated carbocycles. The Morgan fingerprint density at radius 2 is 2.04 bits per heavy atom. The Morgan fingerprint density at radius 1 is 1.28 bits per heavy atom. The number of carbonyl (C=O) groups excluding carboxylic acids is 2. The molecular formula is C18H24N3O4-. The van der Waals surface area contributed by atoms with Crippen LogP contribution in [-0.4, -0.2) is 40.6 Å². The van der Waals surface area contributed by atoms with Crippen LogP contribution in [0.5, 0.6) is 0 Å². The lowest BCUT2D eigenvalue weighted by molar-refractivity contribution is -0.308. The lowest BCUT2D eigenvalue weighted by Crippen LogP contribution is -2.56. The predicted octanol–water partition coefficient (Wildman–Crippen LogP) is 0.142. The number of urea groups is 1. The lowest BCUT2D eigenvalue weighted by atomic mass is 9.83. The Kier molecular flexibility index (Phi) is 4.83. The van der Waals surface area contributed by atoms with Gasteiger partial charge in [0.2, 0.25) is 0 Å². The van der Waals surface area contributed by atoms with E-state index in [4.69, 9.17) is 0 Å². The van der Waals surface area contributed by atoms with E-state index in [0.29, 0.717) is 26.1 Å². The molecular weight excluding hydrogens is 322 g/mol. The third-order valence-electron chi connectivity index (χ3n) is 5.06. The average molecular weight is 346 g/mol. The maximum atomic E-state index is 12.6. The van der Waals surface area contributed by atoms with Crippen LogP contribution in [0.2, 0.25) is 0 Å². The molecule has 2 aliphatic rings. The second-order valence-corrected chi connectivity index (χ2v) is 7.55. The molecule has 0 unspecified atom stereocenters. The summed E-state index contributed by atoms with van der Waals surface area (Å²) in [4.78, 5) is 37.5. The van der Waals surface area contributed by atoms with Crippen LogP contribution in [0.25, 0.3) is 0 Å². The Labute approximate surface area is 146 Å². The van der Waals surface area contributed by atoms with Gasteiger partial charge in [-0.3, -0.25) is 4.79 Å². The fourth-order valence-corrected chi connectivity index (χ4v) is 3.99. The smallest absolute Gasteiger partial charge is 0.317 e. The van der Waals surface area contributed by atoms with E-state index in [1.165, 1.54) is 0 Å². The zero-order valence-corrected chi connectivity index (χ0v) is 14.6. The number of nitrogens with zero attached hydrogens (tertiary/aromatic N) is 2. The normalized spacial score (nSPS) is 23.1. The molecule has 1 aromatic rings. The quantitative estimate of drug-likeness (QED) is 0.839. The van der Waals surface area contributed by atoms with E-state index in [0.717, 1.165) is 12.1 Å². The summed E-state index contributed by atoms with van der Waals surface area (Å²) in [5, 5.41) is 13.9. The van der Waals surface area contributed by atoms with Gasteiger partial charge in [-0.05, 0) is 30.7 Å². The van der Waals surface area contributed by atoms with Crippen molar-refractivity contribution in [3.8, 4) is 0 Å². The zero-order valence-electron chi connectivity index (χ0n) is 14.6. The van der Waals surface area contributed by atoms with Crippen molar-refractivity contribution in [1.29, 1.82) is 0 Å². The number of pyridine rings is 1. The van der Waals surface area contributed by atoms with Gasteiger partial charge >= 0.3 is 6.03 Å². The van der Waals surface area contributed by atoms with Gasteiger partial charge in [-0.2, -0.15) is 0 Å². The molecule has 2 bridgehead atoms. The van der Waals surface area contributed by atoms with Crippen molar-refractivity contribution in [3.63, 3.8) is 0 Å². The van der Waals surface area contributed by atoms with Crippen LogP contribution in [0, 0.1) is 11.8 Å². The molecule has 136 valence electrons. The van der Waals surface area contributed by atoms with Crippen molar-refractivity contribution in [2.45, 2.75) is 45.2 Å². The number of likely N-dealkylation sites (tertiary alicyclic amines) is 1. The number of piperidine rings is 1. The first-order valence-electron chi connectivity index (χ1n) is 8.81. The van der Waals surface area contributed by atoms with Gasteiger partial charge in [0.15, 0.2) is 0 Å². The molecule has 0 radical (unpaired) electrons. The molecule has 7 nitrogen and oxygen atoms in total. The standard InChI is InChI=1S/C18H25N3O4/c1-11(2)6-14(17(23)24)19-18(25)20-8-12-7-13(10-20)15-4-3-5-16(22)21(15)9-12/h3-5,11-14H,6-10H2,1-2H3,(H,19,25)(H,23,24)/p-1/t12-,13+,14+/m1/s1. The van der Waals surface area contributed by atoms with Crippen LogP contribution in [0.4, 0.5) is 4.79 Å². The largest absolute Gasteiger partial charge is 0.548 e. The van der Waals surface area contributed by atoms with E-state index in [9.17, 15) is 19.5 Å². The summed E-state index contributed by atoms with van der Waals surface area (Å²) >= 11 is 0. The van der Waals surface area contributed by atoms with Crippen LogP contribution in [0.15, 0.2) is 23.0 Å². The fraction of sp³-hybridized carbons (Fsp3) is 0.611. The Morgan fingerprint density at radius 3 is 2.72 bits per heavy atom. The number of hydrogen-bond donors (Lipinski definition) is 1. The van der Waals surface area contributed by atoms with Gasteiger partial charge in [-0.25, -0.2) is 4.79 Å². The van der Waals surface area contributed by atoms with Crippen LogP contribution in [-0.2, 0) is 11.3 Å². The van der Waals surface area contributed by atoms with Crippen molar-refractivity contribution in [3.05, 3.63) is 34.2 Å². The monoisotopic (exact) mass is 346 g/mol. The summed E-state index contributed by atoms with van der Waals surface area (Å²) in [5.74, 6) is -0.791. The van der Waals surface area contributed by atoms with E-state index in [1.54, 1.807) is 21.6 Å². The van der Waals surface area contributed by atoms with Crippen LogP contribution in [0.1, 0.15) is 38.3 Å². The minimum Gasteiger partial charge on any atom is -0.548 e. The van der Waals surface area contributed by atoms with Gasteiger partial charge in [0.25, 0.3) is 5.56 Å². The number of carboxylic acid groups (broad SMARTS) is 1. The van der Waals surface area contributed by atoms with Gasteiger partial charge in [0, 0.05) is 37.3 Å². The van der Waals surface area contributed by atoms with Crippen molar-refractivity contribution in [2.75, 3.05) is 13.1 Å². The first-order valence-corrected chi connectivity index (χ1v) is 8.81. The molecule has 1 fully saturated rings. The molecule has 0 aliphatic carbocycles. The van der Waals surface area contributed by atoms with E-state index in [1.807, 2.05) is 19.9 Å². The van der Waals surface area contributed by atoms with Crippen molar-refractivity contribution in [2.24, 2.45) is 11.8 Å². The van der Waals surface area contributed by atoms with E-state index >= 15 is 0 Å². The highest BCUT2D eigenvalue weighted by Gasteiger charge is 2.36. The minimum atomic E-state index is -1.25. The Hall–Kier alpha value is -2.31. The van der Waals surface area contributed by atoms with Crippen LogP contribution in [0.3, 0.4) is 0 Å². The number of aromatic nitrogens is 1. The first kappa shape index (κ1) is 17.5. The average Bonchev–Trinajstić information content (AvgIpc) is 2.54. The van der Waals surface area contributed by atoms with Crippen molar-refractivity contribution >= 4 is 12.0 Å². The van der Waals surface area contributed by atoms with Gasteiger partial charge < -0.3 is 24.7 Å². The Balaban J connectivity index is 1.72. The number of aliphatic carboxylic acids is 1. The number of nitrogens with one attached hydrogen (secondary N) is 1. The molecule has 1 aromatic heterocycles. The van der Waals surface area contributed by atoms with Crippen molar-refractivity contribution in [1.82, 2.24) is 14.8 Å². The van der Waals surface area contributed by atoms with E-state index in [-0.39, 0.29) is 29.3 Å². The third-order valence-corrected chi connectivity index (χ3v) is 5.06. The number of amides is 2. The highest BCUT2D eigenvalue weighted by Crippen LogP contribution is 2.34. The second-order valence-electron chi connectivity index (χ2n) is 7.55. The number of fused-ring (bicyclic) bond motifs is 4.